The molecule has 1 heterocycles. The summed E-state index contributed by atoms with van der Waals surface area (Å²) in [5, 5.41) is 18.5. The van der Waals surface area contributed by atoms with E-state index in [4.69, 9.17) is 5.11 Å². The summed E-state index contributed by atoms with van der Waals surface area (Å²) in [4.78, 5) is 14.9. The molecule has 0 aromatic carbocycles. The van der Waals surface area contributed by atoms with Gasteiger partial charge in [-0.05, 0) is 49.8 Å². The lowest BCUT2D eigenvalue weighted by Crippen LogP contribution is -2.00. The molecule has 1 aromatic rings. The van der Waals surface area contributed by atoms with Gasteiger partial charge in [-0.3, -0.25) is 4.79 Å². The summed E-state index contributed by atoms with van der Waals surface area (Å²) < 4.78 is 0. The number of hydrogen-bond donors (Lipinski definition) is 2. The van der Waals surface area contributed by atoms with Crippen LogP contribution in [0.1, 0.15) is 69.7 Å². The summed E-state index contributed by atoms with van der Waals surface area (Å²) in [5.74, 6) is 4.95. The predicted molar refractivity (Wildman–Crippen MR) is 106 cm³/mol. The third-order valence-electron chi connectivity index (χ3n) is 3.69. The van der Waals surface area contributed by atoms with Gasteiger partial charge in [0, 0.05) is 12.8 Å². The molecule has 0 spiro atoms. The van der Waals surface area contributed by atoms with E-state index in [1.165, 1.54) is 19.3 Å². The van der Waals surface area contributed by atoms with Gasteiger partial charge in [-0.2, -0.15) is 0 Å². The minimum Gasteiger partial charge on any atom is -0.481 e. The third-order valence-corrected chi connectivity index (χ3v) is 3.69. The van der Waals surface area contributed by atoms with Gasteiger partial charge in [0.05, 0.1) is 5.69 Å². The van der Waals surface area contributed by atoms with Gasteiger partial charge in [-0.1, -0.05) is 50.0 Å². The molecule has 4 heteroatoms. The number of hydrogen-bond acceptors (Lipinski definition) is 3. The summed E-state index contributed by atoms with van der Waals surface area (Å²) in [6, 6.07) is 5.55. The van der Waals surface area contributed by atoms with Crippen molar-refractivity contribution >= 4 is 12.0 Å². The van der Waals surface area contributed by atoms with Gasteiger partial charge in [0.15, 0.2) is 0 Å². The Morgan fingerprint density at radius 1 is 1.19 bits per heavy atom. The summed E-state index contributed by atoms with van der Waals surface area (Å²) >= 11 is 0. The van der Waals surface area contributed by atoms with Gasteiger partial charge in [-0.15, -0.1) is 0 Å². The minimum atomic E-state index is -0.775. The first kappa shape index (κ1) is 21.7. The molecule has 140 valence electrons. The molecule has 0 aliphatic carbocycles. The van der Waals surface area contributed by atoms with Gasteiger partial charge in [0.25, 0.3) is 0 Å². The van der Waals surface area contributed by atoms with Crippen LogP contribution in [0.2, 0.25) is 0 Å². The average Bonchev–Trinajstić information content (AvgIpc) is 2.63. The van der Waals surface area contributed by atoms with Crippen molar-refractivity contribution in [1.29, 1.82) is 0 Å². The van der Waals surface area contributed by atoms with Crippen LogP contribution in [0.4, 0.5) is 0 Å². The molecule has 26 heavy (non-hydrogen) atoms. The first-order chi connectivity index (χ1) is 12.6. The van der Waals surface area contributed by atoms with Crippen molar-refractivity contribution in [3.63, 3.8) is 0 Å². The number of nitrogens with zero attached hydrogens (tertiary/aromatic N) is 1. The van der Waals surface area contributed by atoms with E-state index < -0.39 is 12.1 Å². The molecule has 1 aromatic heterocycles. The van der Waals surface area contributed by atoms with E-state index in [0.29, 0.717) is 25.0 Å². The van der Waals surface area contributed by atoms with Crippen LogP contribution in [-0.2, 0) is 4.79 Å². The number of carboxylic acid groups (broad SMARTS) is 1. The van der Waals surface area contributed by atoms with Crippen molar-refractivity contribution in [3.8, 4) is 11.8 Å². The van der Waals surface area contributed by atoms with E-state index in [0.717, 1.165) is 12.1 Å². The second kappa shape index (κ2) is 13.9. The monoisotopic (exact) mass is 355 g/mol. The Kier molecular flexibility index (Phi) is 11.5. The second-order valence-electron chi connectivity index (χ2n) is 6.12. The Hall–Kier alpha value is -2.38. The van der Waals surface area contributed by atoms with E-state index >= 15 is 0 Å². The molecule has 2 N–H and O–H groups in total. The summed E-state index contributed by atoms with van der Waals surface area (Å²) in [6.45, 7) is 2.18. The zero-order chi connectivity index (χ0) is 19.0. The highest BCUT2D eigenvalue weighted by Crippen LogP contribution is 2.05. The fourth-order valence-corrected chi connectivity index (χ4v) is 2.26. The Morgan fingerprint density at radius 3 is 2.77 bits per heavy atom. The zero-order valence-electron chi connectivity index (χ0n) is 15.5. The zero-order valence-corrected chi connectivity index (χ0v) is 15.5. The highest BCUT2D eigenvalue weighted by atomic mass is 16.4. The molecule has 0 radical (unpaired) electrons. The molecule has 0 saturated heterocycles. The van der Waals surface area contributed by atoms with E-state index in [1.807, 2.05) is 36.4 Å². The molecule has 1 atom stereocenters. The molecule has 4 nitrogen and oxygen atoms in total. The fourth-order valence-electron chi connectivity index (χ4n) is 2.26. The molecule has 1 rings (SSSR count). The number of aliphatic carboxylic acids is 1. The molecular weight excluding hydrogens is 326 g/mol. The topological polar surface area (TPSA) is 70.4 Å². The summed E-state index contributed by atoms with van der Waals surface area (Å²) in [7, 11) is 0. The Labute approximate surface area is 156 Å². The Balaban J connectivity index is 2.44. The largest absolute Gasteiger partial charge is 0.481 e. The van der Waals surface area contributed by atoms with Crippen LogP contribution in [-0.4, -0.2) is 27.3 Å². The fraction of sp³-hybridized carbons (Fsp3) is 0.455. The van der Waals surface area contributed by atoms with Crippen LogP contribution in [0.25, 0.3) is 6.08 Å². The number of aliphatic hydroxyl groups is 1. The number of unbranched alkanes of at least 4 members (excludes halogenated alkanes) is 4. The predicted octanol–water partition coefficient (Wildman–Crippen LogP) is 4.59. The number of allylic oxidation sites excluding steroid dienone is 2. The van der Waals surface area contributed by atoms with E-state index in [-0.39, 0.29) is 6.42 Å². The van der Waals surface area contributed by atoms with Crippen molar-refractivity contribution in [2.24, 2.45) is 0 Å². The van der Waals surface area contributed by atoms with Gasteiger partial charge < -0.3 is 10.2 Å². The maximum atomic E-state index is 10.5. The van der Waals surface area contributed by atoms with Crippen LogP contribution < -0.4 is 0 Å². The molecule has 0 aliphatic rings. The third kappa shape index (κ3) is 11.2. The maximum absolute atomic E-state index is 10.5. The van der Waals surface area contributed by atoms with Crippen LogP contribution in [0.3, 0.4) is 0 Å². The van der Waals surface area contributed by atoms with Gasteiger partial charge in [-0.25, -0.2) is 4.98 Å². The average molecular weight is 355 g/mol. The number of pyridine rings is 1. The molecule has 0 aliphatic heterocycles. The number of aromatic nitrogens is 1. The van der Waals surface area contributed by atoms with E-state index in [1.54, 1.807) is 0 Å². The number of aliphatic hydroxyl groups excluding tert-OH is 1. The normalized spacial score (nSPS) is 12.2. The van der Waals surface area contributed by atoms with Crippen molar-refractivity contribution in [2.75, 3.05) is 0 Å². The molecule has 0 bridgehead atoms. The second-order valence-corrected chi connectivity index (χ2v) is 6.12. The highest BCUT2D eigenvalue weighted by molar-refractivity contribution is 5.66. The van der Waals surface area contributed by atoms with Crippen LogP contribution in [0, 0.1) is 11.8 Å². The van der Waals surface area contributed by atoms with Crippen LogP contribution >= 0.6 is 0 Å². The van der Waals surface area contributed by atoms with Crippen molar-refractivity contribution in [2.45, 2.75) is 64.4 Å². The molecule has 0 saturated carbocycles. The van der Waals surface area contributed by atoms with Crippen LogP contribution in [0.5, 0.6) is 0 Å². The van der Waals surface area contributed by atoms with Gasteiger partial charge in [0.2, 0.25) is 0 Å². The molecule has 0 amide bonds. The first-order valence-electron chi connectivity index (χ1n) is 9.31. The van der Waals surface area contributed by atoms with E-state index in [9.17, 15) is 9.90 Å². The lowest BCUT2D eigenvalue weighted by atomic mass is 10.1. The summed E-state index contributed by atoms with van der Waals surface area (Å²) in [6.07, 6.45) is 13.9. The minimum absolute atomic E-state index is 0.175. The molecule has 0 fully saturated rings. The van der Waals surface area contributed by atoms with Gasteiger partial charge in [0.1, 0.15) is 11.8 Å². The standard InChI is InChI=1S/C22H29NO3/c1-2-3-4-5-6-9-15-21(24)18-17-20-14-11-13-19(23-20)12-8-7-10-16-22(25)26/h6,8-9,11-14,21,24H,2-5,7,10,15-16H2,1H3,(H,25,26)/b9-6-,12-8-/t21-/m1/s1. The van der Waals surface area contributed by atoms with Crippen molar-refractivity contribution < 1.29 is 15.0 Å². The van der Waals surface area contributed by atoms with Crippen molar-refractivity contribution in [3.05, 3.63) is 47.8 Å². The molecular formula is C22H29NO3. The molecule has 0 unspecified atom stereocenters. The van der Waals surface area contributed by atoms with Crippen LogP contribution in [0.15, 0.2) is 36.4 Å². The van der Waals surface area contributed by atoms with Crippen molar-refractivity contribution in [1.82, 2.24) is 4.98 Å². The Morgan fingerprint density at radius 2 is 2.00 bits per heavy atom. The number of rotatable bonds is 11. The highest BCUT2D eigenvalue weighted by Gasteiger charge is 1.97. The maximum Gasteiger partial charge on any atom is 0.303 e. The quantitative estimate of drug-likeness (QED) is 0.346. The number of carboxylic acids is 1. The first-order valence-corrected chi connectivity index (χ1v) is 9.31. The SMILES string of the molecule is CCCCC/C=C\C[C@@H](O)C#Cc1cccc(/C=C\CCCC(=O)O)n1. The summed E-state index contributed by atoms with van der Waals surface area (Å²) in [5.41, 5.74) is 1.39. The lowest BCUT2D eigenvalue weighted by Gasteiger charge is -1.98. The Bertz CT molecular complexity index is 653. The lowest BCUT2D eigenvalue weighted by molar-refractivity contribution is -0.137. The number of carbonyl (C=O) groups is 1. The van der Waals surface area contributed by atoms with E-state index in [2.05, 4.69) is 29.8 Å². The smallest absolute Gasteiger partial charge is 0.303 e. The van der Waals surface area contributed by atoms with Gasteiger partial charge >= 0.3 is 5.97 Å².